The Labute approximate surface area is 209 Å². The topological polar surface area (TPSA) is 57.2 Å². The molecule has 0 saturated carbocycles. The Balaban J connectivity index is 1.37. The van der Waals surface area contributed by atoms with Gasteiger partial charge in [0.05, 0.1) is 13.7 Å². The molecular weight excluding hydrogens is 442 g/mol. The average molecular weight is 482 g/mol. The molecule has 2 aromatic rings. The van der Waals surface area contributed by atoms with Gasteiger partial charge in [-0.05, 0) is 93.6 Å². The first-order valence-electron chi connectivity index (χ1n) is 13.1. The fourth-order valence-electron chi connectivity index (χ4n) is 4.86. The Morgan fingerprint density at radius 2 is 1.83 bits per heavy atom. The van der Waals surface area contributed by atoms with E-state index in [4.69, 9.17) is 18.9 Å². The molecule has 2 aromatic carbocycles. The summed E-state index contributed by atoms with van der Waals surface area (Å²) in [6.45, 7) is 5.16. The van der Waals surface area contributed by atoms with Crippen molar-refractivity contribution in [2.24, 2.45) is 0 Å². The van der Waals surface area contributed by atoms with E-state index in [2.05, 4.69) is 4.90 Å². The van der Waals surface area contributed by atoms with Crippen molar-refractivity contribution in [2.45, 2.75) is 57.2 Å². The third kappa shape index (κ3) is 7.79. The van der Waals surface area contributed by atoms with Gasteiger partial charge in [0.15, 0.2) is 12.1 Å². The number of hydrogen-bond acceptors (Lipinski definition) is 6. The zero-order valence-corrected chi connectivity index (χ0v) is 21.0. The van der Waals surface area contributed by atoms with Crippen molar-refractivity contribution in [3.63, 3.8) is 0 Å². The minimum absolute atomic E-state index is 0.0753. The van der Waals surface area contributed by atoms with Crippen LogP contribution in [0.5, 0.6) is 11.5 Å². The van der Waals surface area contributed by atoms with Gasteiger partial charge in [-0.15, -0.1) is 0 Å². The molecule has 2 fully saturated rings. The molecule has 4 rings (SSSR count). The van der Waals surface area contributed by atoms with Crippen molar-refractivity contribution in [2.75, 3.05) is 46.6 Å². The van der Waals surface area contributed by atoms with Gasteiger partial charge in [-0.25, -0.2) is 0 Å². The second-order valence-electron chi connectivity index (χ2n) is 9.42. The van der Waals surface area contributed by atoms with Crippen LogP contribution in [0.3, 0.4) is 0 Å². The number of hydrogen-bond donors (Lipinski definition) is 0. The minimum atomic E-state index is -0.320. The van der Waals surface area contributed by atoms with Crippen molar-refractivity contribution in [3.05, 3.63) is 59.7 Å². The molecule has 2 heterocycles. The molecule has 0 aromatic heterocycles. The van der Waals surface area contributed by atoms with Crippen LogP contribution in [-0.4, -0.2) is 63.5 Å². The molecule has 6 heteroatoms. The highest BCUT2D eigenvalue weighted by Gasteiger charge is 2.24. The molecule has 2 unspecified atom stereocenters. The molecule has 2 aliphatic rings. The van der Waals surface area contributed by atoms with Gasteiger partial charge >= 0.3 is 0 Å². The summed E-state index contributed by atoms with van der Waals surface area (Å²) in [4.78, 5) is 16.0. The molecule has 0 spiro atoms. The monoisotopic (exact) mass is 481 g/mol. The Kier molecular flexibility index (Phi) is 9.99. The third-order valence-electron chi connectivity index (χ3n) is 6.92. The van der Waals surface area contributed by atoms with E-state index in [1.807, 2.05) is 48.5 Å². The van der Waals surface area contributed by atoms with Crippen molar-refractivity contribution >= 4 is 5.78 Å². The second-order valence-corrected chi connectivity index (χ2v) is 9.42. The van der Waals surface area contributed by atoms with E-state index in [1.165, 1.54) is 32.4 Å². The summed E-state index contributed by atoms with van der Waals surface area (Å²) in [5, 5.41) is 0. The van der Waals surface area contributed by atoms with Gasteiger partial charge in [-0.1, -0.05) is 18.6 Å². The van der Waals surface area contributed by atoms with Gasteiger partial charge in [-0.3, -0.25) is 9.69 Å². The summed E-state index contributed by atoms with van der Waals surface area (Å²) in [7, 11) is 1.64. The zero-order valence-electron chi connectivity index (χ0n) is 21.0. The number of Topliss-reactive ketones (excluding diaryl/α,β-unsaturated/α-hetero) is 1. The lowest BCUT2D eigenvalue weighted by molar-refractivity contribution is -0.162. The average Bonchev–Trinajstić information content (AvgIpc) is 2.92. The first kappa shape index (κ1) is 25.7. The number of piperidine rings is 1. The lowest BCUT2D eigenvalue weighted by Gasteiger charge is -2.26. The van der Waals surface area contributed by atoms with Crippen LogP contribution in [0, 0.1) is 0 Å². The predicted octanol–water partition coefficient (Wildman–Crippen LogP) is 5.46. The highest BCUT2D eigenvalue weighted by Crippen LogP contribution is 2.29. The molecule has 0 aliphatic carbocycles. The summed E-state index contributed by atoms with van der Waals surface area (Å²) in [6.07, 6.45) is 7.44. The van der Waals surface area contributed by atoms with Gasteiger partial charge in [-0.2, -0.15) is 0 Å². The van der Waals surface area contributed by atoms with Crippen LogP contribution in [-0.2, 0) is 9.47 Å². The Hall–Kier alpha value is -2.41. The fourth-order valence-corrected chi connectivity index (χ4v) is 4.86. The number of carbonyl (C=O) groups is 1. The minimum Gasteiger partial charge on any atom is -0.497 e. The highest BCUT2D eigenvalue weighted by molar-refractivity contribution is 6.01. The van der Waals surface area contributed by atoms with Crippen LogP contribution in [0.1, 0.15) is 66.8 Å². The van der Waals surface area contributed by atoms with Crippen molar-refractivity contribution < 1.29 is 23.7 Å². The maximum Gasteiger partial charge on any atom is 0.170 e. The summed E-state index contributed by atoms with van der Waals surface area (Å²) in [5.74, 6) is 1.30. The molecule has 0 amide bonds. The highest BCUT2D eigenvalue weighted by atomic mass is 16.7. The maximum atomic E-state index is 13.6. The molecule has 2 saturated heterocycles. The molecule has 35 heavy (non-hydrogen) atoms. The molecule has 0 radical (unpaired) electrons. The quantitative estimate of drug-likeness (QED) is 0.375. The van der Waals surface area contributed by atoms with Crippen LogP contribution in [0.25, 0.3) is 0 Å². The number of ether oxygens (including phenoxy) is 4. The normalized spacial score (nSPS) is 19.7. The number of ketones is 1. The Morgan fingerprint density at radius 1 is 1.00 bits per heavy atom. The first-order chi connectivity index (χ1) is 17.2. The first-order valence-corrected chi connectivity index (χ1v) is 13.1. The van der Waals surface area contributed by atoms with Crippen LogP contribution < -0.4 is 9.47 Å². The van der Waals surface area contributed by atoms with Gasteiger partial charge in [0.2, 0.25) is 0 Å². The SMILES string of the molecule is COc1cccc(C(CCOC2CCCCO2)C(=O)c2ccc(OCCN3CCCCC3)cc2)c1. The van der Waals surface area contributed by atoms with E-state index < -0.39 is 0 Å². The van der Waals surface area contributed by atoms with Crippen LogP contribution in [0.15, 0.2) is 48.5 Å². The second kappa shape index (κ2) is 13.6. The number of benzene rings is 2. The third-order valence-corrected chi connectivity index (χ3v) is 6.92. The predicted molar refractivity (Wildman–Crippen MR) is 136 cm³/mol. The van der Waals surface area contributed by atoms with E-state index in [9.17, 15) is 4.79 Å². The van der Waals surface area contributed by atoms with Crippen LogP contribution in [0.2, 0.25) is 0 Å². The van der Waals surface area contributed by atoms with E-state index in [-0.39, 0.29) is 18.0 Å². The standard InChI is InChI=1S/C29H39NO5/c1-32-26-9-7-8-24(22-26)27(15-20-35-28-10-3-6-19-34-28)29(31)23-11-13-25(14-12-23)33-21-18-30-16-4-2-5-17-30/h7-9,11-14,22,27-28H,2-6,10,15-21H2,1H3. The van der Waals surface area contributed by atoms with Gasteiger partial charge in [0.25, 0.3) is 0 Å². The Bertz CT molecular complexity index is 904. The number of likely N-dealkylation sites (tertiary alicyclic amines) is 1. The number of rotatable bonds is 12. The van der Waals surface area contributed by atoms with Crippen molar-refractivity contribution in [3.8, 4) is 11.5 Å². The number of nitrogens with zero attached hydrogens (tertiary/aromatic N) is 1. The summed E-state index contributed by atoms with van der Waals surface area (Å²) < 4.78 is 23.0. The maximum absolute atomic E-state index is 13.6. The summed E-state index contributed by atoms with van der Waals surface area (Å²) in [5.41, 5.74) is 1.61. The molecule has 190 valence electrons. The van der Waals surface area contributed by atoms with E-state index >= 15 is 0 Å². The van der Waals surface area contributed by atoms with Crippen LogP contribution >= 0.6 is 0 Å². The van der Waals surface area contributed by atoms with E-state index in [0.29, 0.717) is 25.2 Å². The van der Waals surface area contributed by atoms with Crippen LogP contribution in [0.4, 0.5) is 0 Å². The van der Waals surface area contributed by atoms with E-state index in [1.54, 1.807) is 7.11 Å². The molecule has 6 nitrogen and oxygen atoms in total. The van der Waals surface area contributed by atoms with Gasteiger partial charge in [0, 0.05) is 24.6 Å². The van der Waals surface area contributed by atoms with Gasteiger partial charge < -0.3 is 18.9 Å². The molecule has 2 aliphatic heterocycles. The largest absolute Gasteiger partial charge is 0.497 e. The van der Waals surface area contributed by atoms with Crippen molar-refractivity contribution in [1.82, 2.24) is 4.90 Å². The molecule has 0 N–H and O–H groups in total. The lowest BCUT2D eigenvalue weighted by Crippen LogP contribution is -2.33. The van der Waals surface area contributed by atoms with Gasteiger partial charge in [0.1, 0.15) is 18.1 Å². The fraction of sp³-hybridized carbons (Fsp3) is 0.552. The summed E-state index contributed by atoms with van der Waals surface area (Å²) in [6, 6.07) is 15.3. The Morgan fingerprint density at radius 3 is 2.57 bits per heavy atom. The summed E-state index contributed by atoms with van der Waals surface area (Å²) >= 11 is 0. The zero-order chi connectivity index (χ0) is 24.3. The van der Waals surface area contributed by atoms with Crippen molar-refractivity contribution in [1.29, 1.82) is 0 Å². The van der Waals surface area contributed by atoms with E-state index in [0.717, 1.165) is 49.5 Å². The number of methoxy groups -OCH3 is 1. The molecule has 2 atom stereocenters. The molecular formula is C29H39NO5. The number of carbonyl (C=O) groups excluding carboxylic acids is 1. The smallest absolute Gasteiger partial charge is 0.170 e. The lowest BCUT2D eigenvalue weighted by atomic mass is 9.88. The molecule has 0 bridgehead atoms.